The minimum absolute atomic E-state index is 0.0233. The number of benzene rings is 1. The number of carbonyl (C=O) groups is 1. The molecule has 1 aliphatic heterocycles. The number of carbonyl (C=O) groups excluding carboxylic acids is 1. The van der Waals surface area contributed by atoms with Crippen molar-refractivity contribution in [2.24, 2.45) is 0 Å². The molecule has 0 fully saturated rings. The molecular weight excluding hydrogens is 316 g/mol. The maximum Gasteiger partial charge on any atom is 0.414 e. The first kappa shape index (κ1) is 18.4. The second-order valence-corrected chi connectivity index (χ2v) is 7.61. The van der Waals surface area contributed by atoms with Gasteiger partial charge in [0.05, 0.1) is 5.69 Å². The Morgan fingerprint density at radius 2 is 1.96 bits per heavy atom. The van der Waals surface area contributed by atoms with Crippen molar-refractivity contribution < 1.29 is 9.53 Å². The Morgan fingerprint density at radius 3 is 2.52 bits per heavy atom. The highest BCUT2D eigenvalue weighted by Gasteiger charge is 2.39. The molecule has 25 heavy (non-hydrogen) atoms. The largest absolute Gasteiger partial charge is 0.443 e. The van der Waals surface area contributed by atoms with Crippen LogP contribution in [0.3, 0.4) is 0 Å². The molecule has 1 aromatic carbocycles. The summed E-state index contributed by atoms with van der Waals surface area (Å²) >= 11 is 0. The van der Waals surface area contributed by atoms with Crippen LogP contribution in [0.15, 0.2) is 30.0 Å². The number of nitrogens with zero attached hydrogens (tertiary/aromatic N) is 3. The first-order valence-corrected chi connectivity index (χ1v) is 7.99. The molecule has 0 radical (unpaired) electrons. The summed E-state index contributed by atoms with van der Waals surface area (Å²) in [5, 5.41) is 20.5. The number of amides is 1. The molecule has 6 heteroatoms. The molecule has 0 saturated carbocycles. The zero-order valence-corrected chi connectivity index (χ0v) is 15.2. The van der Waals surface area contributed by atoms with Crippen LogP contribution in [0.5, 0.6) is 0 Å². The van der Waals surface area contributed by atoms with Gasteiger partial charge in [-0.2, -0.15) is 10.5 Å². The number of rotatable bonds is 2. The first-order valence-electron chi connectivity index (χ1n) is 7.99. The molecule has 0 aromatic heterocycles. The number of allylic oxidation sites excluding steroid dienone is 1. The molecule has 1 N–H and O–H groups in total. The zero-order chi connectivity index (χ0) is 18.8. The van der Waals surface area contributed by atoms with Gasteiger partial charge in [0.25, 0.3) is 0 Å². The Balaban J connectivity index is 2.35. The zero-order valence-electron chi connectivity index (χ0n) is 15.2. The number of nitriles is 2. The molecule has 0 bridgehead atoms. The van der Waals surface area contributed by atoms with Crippen LogP contribution < -0.4 is 10.2 Å². The predicted octanol–water partition coefficient (Wildman–Crippen LogP) is 4.06. The van der Waals surface area contributed by atoms with Crippen molar-refractivity contribution in [3.8, 4) is 12.1 Å². The van der Waals surface area contributed by atoms with Crippen molar-refractivity contribution in [3.63, 3.8) is 0 Å². The van der Waals surface area contributed by atoms with Crippen LogP contribution in [0.4, 0.5) is 16.2 Å². The summed E-state index contributed by atoms with van der Waals surface area (Å²) in [6.45, 7) is 10.2. The molecule has 1 aromatic rings. The Hall–Kier alpha value is -2.99. The molecule has 1 heterocycles. The molecular formula is C19H22N4O2. The Labute approximate surface area is 148 Å². The number of hydrogen-bond donors (Lipinski definition) is 1. The summed E-state index contributed by atoms with van der Waals surface area (Å²) in [7, 11) is 0. The van der Waals surface area contributed by atoms with Crippen molar-refractivity contribution in [3.05, 3.63) is 35.5 Å². The van der Waals surface area contributed by atoms with Crippen LogP contribution >= 0.6 is 0 Å². The SMILES string of the molecule is CC(C)(C)OC(=O)N1CC(C)(C)c2ccc(NC=C(C#N)C#N)cc21. The van der Waals surface area contributed by atoms with Crippen molar-refractivity contribution in [1.29, 1.82) is 10.5 Å². The van der Waals surface area contributed by atoms with Gasteiger partial charge in [0, 0.05) is 23.8 Å². The van der Waals surface area contributed by atoms with Gasteiger partial charge in [-0.1, -0.05) is 19.9 Å². The molecule has 0 aliphatic carbocycles. The van der Waals surface area contributed by atoms with Crippen LogP contribution in [0, 0.1) is 22.7 Å². The van der Waals surface area contributed by atoms with E-state index in [4.69, 9.17) is 15.3 Å². The summed E-state index contributed by atoms with van der Waals surface area (Å²) in [5.74, 6) is 0. The number of fused-ring (bicyclic) bond motifs is 1. The van der Waals surface area contributed by atoms with Crippen molar-refractivity contribution in [1.82, 2.24) is 0 Å². The van der Waals surface area contributed by atoms with Gasteiger partial charge in [-0.15, -0.1) is 0 Å². The minimum atomic E-state index is -0.572. The van der Waals surface area contributed by atoms with Crippen LogP contribution in [-0.4, -0.2) is 18.2 Å². The molecule has 1 aliphatic rings. The molecule has 2 rings (SSSR count). The second-order valence-electron chi connectivity index (χ2n) is 7.61. The van der Waals surface area contributed by atoms with E-state index >= 15 is 0 Å². The van der Waals surface area contributed by atoms with Crippen molar-refractivity contribution in [2.45, 2.75) is 45.6 Å². The van der Waals surface area contributed by atoms with Gasteiger partial charge in [0.2, 0.25) is 0 Å². The van der Waals surface area contributed by atoms with Crippen molar-refractivity contribution >= 4 is 17.5 Å². The summed E-state index contributed by atoms with van der Waals surface area (Å²) in [6, 6.07) is 9.23. The molecule has 6 nitrogen and oxygen atoms in total. The van der Waals surface area contributed by atoms with Gasteiger partial charge >= 0.3 is 6.09 Å². The van der Waals surface area contributed by atoms with E-state index in [0.717, 1.165) is 11.3 Å². The van der Waals surface area contributed by atoms with Crippen LogP contribution in [-0.2, 0) is 10.2 Å². The van der Waals surface area contributed by atoms with E-state index in [1.165, 1.54) is 6.20 Å². The normalized spacial score (nSPS) is 14.8. The highest BCUT2D eigenvalue weighted by Crippen LogP contribution is 2.42. The van der Waals surface area contributed by atoms with E-state index in [0.29, 0.717) is 12.2 Å². The van der Waals surface area contributed by atoms with E-state index < -0.39 is 5.60 Å². The maximum atomic E-state index is 12.6. The summed E-state index contributed by atoms with van der Waals surface area (Å²) in [6.07, 6.45) is 0.960. The van der Waals surface area contributed by atoms with Gasteiger partial charge in [-0.25, -0.2) is 4.79 Å². The summed E-state index contributed by atoms with van der Waals surface area (Å²) < 4.78 is 5.51. The van der Waals surface area contributed by atoms with Gasteiger partial charge in [0.15, 0.2) is 0 Å². The van der Waals surface area contributed by atoms with E-state index in [-0.39, 0.29) is 17.1 Å². The molecule has 130 valence electrons. The number of hydrogen-bond acceptors (Lipinski definition) is 5. The van der Waals surface area contributed by atoms with E-state index in [1.54, 1.807) is 17.0 Å². The van der Waals surface area contributed by atoms with Crippen LogP contribution in [0.2, 0.25) is 0 Å². The average Bonchev–Trinajstić information content (AvgIpc) is 2.78. The van der Waals surface area contributed by atoms with Gasteiger partial charge in [0.1, 0.15) is 23.3 Å². The maximum absolute atomic E-state index is 12.6. The van der Waals surface area contributed by atoms with E-state index in [9.17, 15) is 4.79 Å². The first-order chi connectivity index (χ1) is 11.6. The van der Waals surface area contributed by atoms with Crippen LogP contribution in [0.1, 0.15) is 40.2 Å². The fraction of sp³-hybridized carbons (Fsp3) is 0.421. The smallest absolute Gasteiger partial charge is 0.414 e. The standard InChI is InChI=1S/C19H22N4O2/c1-18(2,3)25-17(24)23-12-19(4,5)15-7-6-14(8-16(15)23)22-11-13(9-20)10-21/h6-8,11,22H,12H2,1-5H3. The average molecular weight is 338 g/mol. The molecule has 0 atom stereocenters. The molecule has 0 spiro atoms. The molecule has 1 amide bonds. The summed E-state index contributed by atoms with van der Waals surface area (Å²) in [5.41, 5.74) is 1.72. The third-order valence-electron chi connectivity index (χ3n) is 3.81. The van der Waals surface area contributed by atoms with Crippen molar-refractivity contribution in [2.75, 3.05) is 16.8 Å². The van der Waals surface area contributed by atoms with Crippen LogP contribution in [0.25, 0.3) is 0 Å². The lowest BCUT2D eigenvalue weighted by Crippen LogP contribution is -2.38. The highest BCUT2D eigenvalue weighted by atomic mass is 16.6. The molecule has 0 unspecified atom stereocenters. The highest BCUT2D eigenvalue weighted by molar-refractivity contribution is 5.92. The van der Waals surface area contributed by atoms with E-state index in [1.807, 2.05) is 39.0 Å². The fourth-order valence-corrected chi connectivity index (χ4v) is 2.71. The second kappa shape index (κ2) is 6.49. The summed E-state index contributed by atoms with van der Waals surface area (Å²) in [4.78, 5) is 14.2. The fourth-order valence-electron chi connectivity index (χ4n) is 2.71. The quantitative estimate of drug-likeness (QED) is 0.821. The topological polar surface area (TPSA) is 89.2 Å². The monoisotopic (exact) mass is 338 g/mol. The van der Waals surface area contributed by atoms with Gasteiger partial charge in [-0.05, 0) is 38.5 Å². The van der Waals surface area contributed by atoms with E-state index in [2.05, 4.69) is 19.2 Å². The third kappa shape index (κ3) is 4.10. The third-order valence-corrected chi connectivity index (χ3v) is 3.81. The Bertz CT molecular complexity index is 788. The minimum Gasteiger partial charge on any atom is -0.443 e. The lowest BCUT2D eigenvalue weighted by Gasteiger charge is -2.26. The number of nitrogens with one attached hydrogen (secondary N) is 1. The van der Waals surface area contributed by atoms with Gasteiger partial charge in [-0.3, -0.25) is 4.90 Å². The lowest BCUT2D eigenvalue weighted by molar-refractivity contribution is 0.0579. The number of ether oxygens (including phenoxy) is 1. The molecule has 0 saturated heterocycles. The lowest BCUT2D eigenvalue weighted by atomic mass is 9.87. The number of anilines is 2. The predicted molar refractivity (Wildman–Crippen MR) is 96.0 cm³/mol. The Morgan fingerprint density at radius 1 is 1.32 bits per heavy atom. The van der Waals surface area contributed by atoms with Gasteiger partial charge < -0.3 is 10.1 Å². The Kier molecular flexibility index (Phi) is 4.76.